The van der Waals surface area contributed by atoms with Gasteiger partial charge in [0.2, 0.25) is 15.9 Å². The first kappa shape index (κ1) is 25.0. The van der Waals surface area contributed by atoms with Crippen LogP contribution in [0.4, 0.5) is 5.69 Å². The van der Waals surface area contributed by atoms with Gasteiger partial charge in [0.15, 0.2) is 0 Å². The van der Waals surface area contributed by atoms with E-state index in [4.69, 9.17) is 16.3 Å². The van der Waals surface area contributed by atoms with E-state index in [2.05, 4.69) is 12.2 Å². The number of carbonyl (C=O) groups is 1. The van der Waals surface area contributed by atoms with Crippen LogP contribution in [0.1, 0.15) is 37.3 Å². The minimum atomic E-state index is -3.49. The third-order valence-electron chi connectivity index (χ3n) is 4.76. The van der Waals surface area contributed by atoms with Crippen LogP contribution in [0.15, 0.2) is 42.5 Å². The van der Waals surface area contributed by atoms with E-state index in [-0.39, 0.29) is 18.9 Å². The molecule has 0 spiro atoms. The van der Waals surface area contributed by atoms with Crippen LogP contribution in [-0.4, -0.2) is 40.3 Å². The van der Waals surface area contributed by atoms with Gasteiger partial charge in [0.25, 0.3) is 0 Å². The summed E-state index contributed by atoms with van der Waals surface area (Å²) in [6, 6.07) is 13.1. The third-order valence-corrected chi connectivity index (χ3v) is 6.18. The van der Waals surface area contributed by atoms with Crippen molar-refractivity contribution in [3.63, 3.8) is 0 Å². The Morgan fingerprint density at radius 3 is 2.52 bits per heavy atom. The van der Waals surface area contributed by atoms with Crippen LogP contribution < -0.4 is 14.4 Å². The third kappa shape index (κ3) is 8.42. The van der Waals surface area contributed by atoms with Gasteiger partial charge in [0, 0.05) is 18.0 Å². The lowest BCUT2D eigenvalue weighted by molar-refractivity contribution is -0.121. The van der Waals surface area contributed by atoms with Gasteiger partial charge in [-0.3, -0.25) is 9.10 Å². The summed E-state index contributed by atoms with van der Waals surface area (Å²) < 4.78 is 31.4. The second kappa shape index (κ2) is 12.0. The Labute approximate surface area is 190 Å². The number of hydrogen-bond acceptors (Lipinski definition) is 4. The molecule has 0 radical (unpaired) electrons. The standard InChI is InChI=1S/C23H31ClN2O4S/c1-4-6-19-9-12-21(13-10-19)30-16-14-25-23(27)7-5-15-26(31(3,28)29)22-17-20(24)11-8-18(22)2/h8-13,17H,4-7,14-16H2,1-3H3,(H,25,27). The zero-order valence-electron chi connectivity index (χ0n) is 18.4. The molecule has 2 rings (SSSR count). The second-order valence-electron chi connectivity index (χ2n) is 7.46. The fourth-order valence-corrected chi connectivity index (χ4v) is 4.37. The Balaban J connectivity index is 1.76. The van der Waals surface area contributed by atoms with Crippen molar-refractivity contribution in [2.45, 2.75) is 39.5 Å². The van der Waals surface area contributed by atoms with Gasteiger partial charge in [-0.2, -0.15) is 0 Å². The predicted molar refractivity (Wildman–Crippen MR) is 127 cm³/mol. The lowest BCUT2D eigenvalue weighted by atomic mass is 10.1. The van der Waals surface area contributed by atoms with Gasteiger partial charge in [-0.1, -0.05) is 43.1 Å². The Hall–Kier alpha value is -2.25. The lowest BCUT2D eigenvalue weighted by Crippen LogP contribution is -2.33. The average Bonchev–Trinajstić information content (AvgIpc) is 2.71. The van der Waals surface area contributed by atoms with E-state index in [1.165, 1.54) is 9.87 Å². The number of aryl methyl sites for hydroxylation is 2. The van der Waals surface area contributed by atoms with Crippen molar-refractivity contribution in [3.05, 3.63) is 58.6 Å². The largest absolute Gasteiger partial charge is 0.492 e. The molecule has 0 saturated heterocycles. The molecule has 0 unspecified atom stereocenters. The molecule has 170 valence electrons. The van der Waals surface area contributed by atoms with Crippen LogP contribution in [0, 0.1) is 6.92 Å². The summed E-state index contributed by atoms with van der Waals surface area (Å²) in [6.07, 6.45) is 3.92. The molecule has 0 heterocycles. The van der Waals surface area contributed by atoms with Gasteiger partial charge in [-0.15, -0.1) is 0 Å². The maximum Gasteiger partial charge on any atom is 0.232 e. The first-order valence-corrected chi connectivity index (χ1v) is 12.7. The molecular formula is C23H31ClN2O4S. The van der Waals surface area contributed by atoms with Crippen LogP contribution in [0.5, 0.6) is 5.75 Å². The smallest absolute Gasteiger partial charge is 0.232 e. The zero-order valence-corrected chi connectivity index (χ0v) is 19.9. The minimum absolute atomic E-state index is 0.141. The summed E-state index contributed by atoms with van der Waals surface area (Å²) in [7, 11) is -3.49. The normalized spacial score (nSPS) is 11.2. The molecule has 0 aromatic heterocycles. The van der Waals surface area contributed by atoms with Crippen molar-refractivity contribution in [2.75, 3.05) is 30.3 Å². The molecule has 2 aromatic carbocycles. The highest BCUT2D eigenvalue weighted by atomic mass is 35.5. The number of nitrogens with one attached hydrogen (secondary N) is 1. The quantitative estimate of drug-likeness (QED) is 0.472. The van der Waals surface area contributed by atoms with Crippen molar-refractivity contribution in [2.24, 2.45) is 0 Å². The number of amides is 1. The lowest BCUT2D eigenvalue weighted by Gasteiger charge is -2.24. The molecule has 0 saturated carbocycles. The molecule has 1 amide bonds. The summed E-state index contributed by atoms with van der Waals surface area (Å²) in [4.78, 5) is 12.1. The van der Waals surface area contributed by atoms with E-state index in [9.17, 15) is 13.2 Å². The topological polar surface area (TPSA) is 75.7 Å². The number of benzene rings is 2. The molecule has 0 bridgehead atoms. The number of halogens is 1. The molecule has 0 fully saturated rings. The predicted octanol–water partition coefficient (Wildman–Crippen LogP) is 4.34. The van der Waals surface area contributed by atoms with Gasteiger partial charge < -0.3 is 10.1 Å². The second-order valence-corrected chi connectivity index (χ2v) is 9.81. The number of hydrogen-bond donors (Lipinski definition) is 1. The van der Waals surface area contributed by atoms with E-state index >= 15 is 0 Å². The summed E-state index contributed by atoms with van der Waals surface area (Å²) in [5.41, 5.74) is 2.62. The summed E-state index contributed by atoms with van der Waals surface area (Å²) >= 11 is 6.03. The van der Waals surface area contributed by atoms with Crippen LogP contribution in [-0.2, 0) is 21.2 Å². The van der Waals surface area contributed by atoms with Crippen molar-refractivity contribution in [1.82, 2.24) is 5.32 Å². The van der Waals surface area contributed by atoms with E-state index in [1.54, 1.807) is 18.2 Å². The monoisotopic (exact) mass is 466 g/mol. The Morgan fingerprint density at radius 2 is 1.87 bits per heavy atom. The number of nitrogens with zero attached hydrogens (tertiary/aromatic N) is 1. The Morgan fingerprint density at radius 1 is 1.16 bits per heavy atom. The first-order valence-electron chi connectivity index (χ1n) is 10.4. The van der Waals surface area contributed by atoms with E-state index in [0.717, 1.165) is 30.4 Å². The van der Waals surface area contributed by atoms with Crippen LogP contribution in [0.3, 0.4) is 0 Å². The molecule has 0 aliphatic rings. The van der Waals surface area contributed by atoms with Crippen LogP contribution in [0.25, 0.3) is 0 Å². The average molecular weight is 467 g/mol. The van der Waals surface area contributed by atoms with Gasteiger partial charge in [-0.05, 0) is 55.2 Å². The molecule has 1 N–H and O–H groups in total. The van der Waals surface area contributed by atoms with E-state index < -0.39 is 10.0 Å². The molecule has 0 aliphatic carbocycles. The molecule has 6 nitrogen and oxygen atoms in total. The molecule has 0 aliphatic heterocycles. The number of rotatable bonds is 12. The molecule has 2 aromatic rings. The Kier molecular flexibility index (Phi) is 9.65. The fourth-order valence-electron chi connectivity index (χ4n) is 3.19. The van der Waals surface area contributed by atoms with Crippen LogP contribution >= 0.6 is 11.6 Å². The van der Waals surface area contributed by atoms with Gasteiger partial charge in [0.1, 0.15) is 12.4 Å². The maximum atomic E-state index is 12.2. The number of ether oxygens (including phenoxy) is 1. The highest BCUT2D eigenvalue weighted by molar-refractivity contribution is 7.92. The molecule has 0 atom stereocenters. The summed E-state index contributed by atoms with van der Waals surface area (Å²) in [5.74, 6) is 0.632. The highest BCUT2D eigenvalue weighted by Crippen LogP contribution is 2.26. The van der Waals surface area contributed by atoms with Crippen molar-refractivity contribution in [1.29, 1.82) is 0 Å². The number of carbonyl (C=O) groups excluding carboxylic acids is 1. The highest BCUT2D eigenvalue weighted by Gasteiger charge is 2.19. The van der Waals surface area contributed by atoms with E-state index in [0.29, 0.717) is 30.3 Å². The number of sulfonamides is 1. The van der Waals surface area contributed by atoms with Crippen molar-refractivity contribution < 1.29 is 17.9 Å². The maximum absolute atomic E-state index is 12.2. The van der Waals surface area contributed by atoms with Gasteiger partial charge in [0.05, 0.1) is 18.5 Å². The van der Waals surface area contributed by atoms with Crippen molar-refractivity contribution >= 4 is 33.2 Å². The molecule has 8 heteroatoms. The van der Waals surface area contributed by atoms with Gasteiger partial charge >= 0.3 is 0 Å². The minimum Gasteiger partial charge on any atom is -0.492 e. The van der Waals surface area contributed by atoms with Gasteiger partial charge in [-0.25, -0.2) is 8.42 Å². The molecule has 31 heavy (non-hydrogen) atoms. The van der Waals surface area contributed by atoms with Crippen molar-refractivity contribution in [3.8, 4) is 5.75 Å². The van der Waals surface area contributed by atoms with E-state index in [1.807, 2.05) is 31.2 Å². The SMILES string of the molecule is CCCc1ccc(OCCNC(=O)CCCN(c2cc(Cl)ccc2C)S(C)(=O)=O)cc1. The van der Waals surface area contributed by atoms with Crippen LogP contribution in [0.2, 0.25) is 5.02 Å². The summed E-state index contributed by atoms with van der Waals surface area (Å²) in [5, 5.41) is 3.27. The summed E-state index contributed by atoms with van der Waals surface area (Å²) in [6.45, 7) is 4.93. The first-order chi connectivity index (χ1) is 14.7. The molecular weight excluding hydrogens is 436 g/mol. The fraction of sp³-hybridized carbons (Fsp3) is 0.435. The Bertz CT molecular complexity index is 962. The number of anilines is 1. The zero-order chi connectivity index (χ0) is 22.9.